The highest BCUT2D eigenvalue weighted by molar-refractivity contribution is 6.30. The van der Waals surface area contributed by atoms with Crippen LogP contribution in [-0.4, -0.2) is 15.0 Å². The second-order valence-corrected chi connectivity index (χ2v) is 3.66. The molecule has 2 aromatic heterocycles. The van der Waals surface area contributed by atoms with Crippen LogP contribution in [0.3, 0.4) is 0 Å². The van der Waals surface area contributed by atoms with Crippen LogP contribution >= 0.6 is 11.6 Å². The molecule has 0 aromatic carbocycles. The molecule has 0 fully saturated rings. The highest BCUT2D eigenvalue weighted by Crippen LogP contribution is 2.20. The summed E-state index contributed by atoms with van der Waals surface area (Å²) >= 11 is 5.97. The molecular formula is C10H10ClN3O. The summed E-state index contributed by atoms with van der Waals surface area (Å²) in [7, 11) is 0. The Balaban J connectivity index is 2.55. The van der Waals surface area contributed by atoms with Gasteiger partial charge in [0.2, 0.25) is 0 Å². The zero-order valence-electron chi connectivity index (χ0n) is 8.71. The van der Waals surface area contributed by atoms with Gasteiger partial charge in [0.15, 0.2) is 11.7 Å². The number of halogens is 1. The smallest absolute Gasteiger partial charge is 0.191 e. The molecular weight excluding hydrogens is 214 g/mol. The highest BCUT2D eigenvalue weighted by atomic mass is 35.5. The van der Waals surface area contributed by atoms with E-state index in [2.05, 4.69) is 15.0 Å². The summed E-state index contributed by atoms with van der Waals surface area (Å²) < 4.78 is 5.09. The molecule has 4 nitrogen and oxygen atoms in total. The number of aromatic nitrogens is 3. The van der Waals surface area contributed by atoms with Crippen molar-refractivity contribution in [3.05, 3.63) is 28.6 Å². The molecule has 78 valence electrons. The first-order chi connectivity index (χ1) is 7.08. The number of oxazole rings is 1. The molecule has 0 amide bonds. The molecule has 0 saturated carbocycles. The van der Waals surface area contributed by atoms with Crippen molar-refractivity contribution < 1.29 is 4.42 Å². The van der Waals surface area contributed by atoms with E-state index in [1.54, 1.807) is 6.92 Å². The SMILES string of the molecule is Cc1nc(-c2nc(C)c(C)c(Cl)n2)co1. The third kappa shape index (κ3) is 1.85. The van der Waals surface area contributed by atoms with Gasteiger partial charge >= 0.3 is 0 Å². The first-order valence-corrected chi connectivity index (χ1v) is 4.89. The van der Waals surface area contributed by atoms with E-state index < -0.39 is 0 Å². The molecule has 0 bridgehead atoms. The van der Waals surface area contributed by atoms with Gasteiger partial charge in [0.25, 0.3) is 0 Å². The van der Waals surface area contributed by atoms with Gasteiger partial charge in [-0.3, -0.25) is 0 Å². The quantitative estimate of drug-likeness (QED) is 0.698. The Morgan fingerprint density at radius 2 is 1.87 bits per heavy atom. The van der Waals surface area contributed by atoms with Crippen LogP contribution in [0.15, 0.2) is 10.7 Å². The Kier molecular flexibility index (Phi) is 2.44. The summed E-state index contributed by atoms with van der Waals surface area (Å²) in [6, 6.07) is 0. The van der Waals surface area contributed by atoms with Gasteiger partial charge in [-0.25, -0.2) is 15.0 Å². The van der Waals surface area contributed by atoms with Gasteiger partial charge in [-0.2, -0.15) is 0 Å². The van der Waals surface area contributed by atoms with E-state index in [-0.39, 0.29) is 0 Å². The van der Waals surface area contributed by atoms with Gasteiger partial charge in [-0.15, -0.1) is 0 Å². The molecule has 0 N–H and O–H groups in total. The molecule has 0 aliphatic carbocycles. The zero-order valence-corrected chi connectivity index (χ0v) is 9.46. The molecule has 5 heteroatoms. The van der Waals surface area contributed by atoms with Crippen molar-refractivity contribution in [1.29, 1.82) is 0 Å². The van der Waals surface area contributed by atoms with E-state index in [1.165, 1.54) is 6.26 Å². The minimum Gasteiger partial charge on any atom is -0.449 e. The van der Waals surface area contributed by atoms with Gasteiger partial charge in [-0.1, -0.05) is 11.6 Å². The van der Waals surface area contributed by atoms with Crippen molar-refractivity contribution in [1.82, 2.24) is 15.0 Å². The minimum absolute atomic E-state index is 0.457. The summed E-state index contributed by atoms with van der Waals surface area (Å²) in [5.74, 6) is 1.09. The van der Waals surface area contributed by atoms with Crippen LogP contribution in [-0.2, 0) is 0 Å². The average molecular weight is 224 g/mol. The van der Waals surface area contributed by atoms with Crippen molar-refractivity contribution in [2.24, 2.45) is 0 Å². The Morgan fingerprint density at radius 3 is 2.40 bits per heavy atom. The standard InChI is InChI=1S/C10H10ClN3O/c1-5-6(2)12-10(14-9(5)11)8-4-15-7(3)13-8/h4H,1-3H3. The third-order valence-electron chi connectivity index (χ3n) is 2.18. The zero-order chi connectivity index (χ0) is 11.0. The summed E-state index contributed by atoms with van der Waals surface area (Å²) in [5, 5.41) is 0.457. The molecule has 0 saturated heterocycles. The van der Waals surface area contributed by atoms with E-state index >= 15 is 0 Å². The maximum atomic E-state index is 5.97. The molecule has 0 spiro atoms. The van der Waals surface area contributed by atoms with Crippen LogP contribution in [0, 0.1) is 20.8 Å². The second kappa shape index (κ2) is 3.62. The van der Waals surface area contributed by atoms with Crippen LogP contribution in [0.1, 0.15) is 17.1 Å². The van der Waals surface area contributed by atoms with Gasteiger partial charge in [0.1, 0.15) is 17.1 Å². The van der Waals surface area contributed by atoms with Crippen molar-refractivity contribution >= 4 is 11.6 Å². The molecule has 0 aliphatic rings. The van der Waals surface area contributed by atoms with Crippen molar-refractivity contribution in [3.63, 3.8) is 0 Å². The number of aryl methyl sites for hydroxylation is 2. The van der Waals surface area contributed by atoms with Crippen LogP contribution in [0.5, 0.6) is 0 Å². The minimum atomic E-state index is 0.457. The van der Waals surface area contributed by atoms with E-state index in [0.717, 1.165) is 11.3 Å². The lowest BCUT2D eigenvalue weighted by Gasteiger charge is -2.02. The summed E-state index contributed by atoms with van der Waals surface area (Å²) in [5.41, 5.74) is 2.35. The summed E-state index contributed by atoms with van der Waals surface area (Å²) in [4.78, 5) is 12.6. The molecule has 2 heterocycles. The Labute approximate surface area is 92.3 Å². The molecule has 2 rings (SSSR count). The van der Waals surface area contributed by atoms with E-state index in [1.807, 2.05) is 13.8 Å². The monoisotopic (exact) mass is 223 g/mol. The Hall–Kier alpha value is -1.42. The topological polar surface area (TPSA) is 51.8 Å². The highest BCUT2D eigenvalue weighted by Gasteiger charge is 2.10. The molecule has 0 aliphatic heterocycles. The fraction of sp³-hybridized carbons (Fsp3) is 0.300. The van der Waals surface area contributed by atoms with E-state index in [0.29, 0.717) is 22.6 Å². The van der Waals surface area contributed by atoms with Crippen LogP contribution in [0.4, 0.5) is 0 Å². The summed E-state index contributed by atoms with van der Waals surface area (Å²) in [6.07, 6.45) is 1.52. The number of nitrogens with zero attached hydrogens (tertiary/aromatic N) is 3. The van der Waals surface area contributed by atoms with Gasteiger partial charge in [0, 0.05) is 18.2 Å². The predicted octanol–water partition coefficient (Wildman–Crippen LogP) is 2.71. The van der Waals surface area contributed by atoms with Gasteiger partial charge < -0.3 is 4.42 Å². The van der Waals surface area contributed by atoms with Crippen molar-refractivity contribution in [2.45, 2.75) is 20.8 Å². The molecule has 15 heavy (non-hydrogen) atoms. The lowest BCUT2D eigenvalue weighted by atomic mass is 10.2. The maximum absolute atomic E-state index is 5.97. The molecule has 0 radical (unpaired) electrons. The van der Waals surface area contributed by atoms with E-state index in [9.17, 15) is 0 Å². The van der Waals surface area contributed by atoms with Crippen LogP contribution < -0.4 is 0 Å². The third-order valence-corrected chi connectivity index (χ3v) is 2.55. The fourth-order valence-electron chi connectivity index (χ4n) is 1.17. The first-order valence-electron chi connectivity index (χ1n) is 4.51. The molecule has 0 unspecified atom stereocenters. The number of hydrogen-bond acceptors (Lipinski definition) is 4. The van der Waals surface area contributed by atoms with Gasteiger partial charge in [-0.05, 0) is 13.8 Å². The Bertz CT molecular complexity index is 484. The van der Waals surface area contributed by atoms with Crippen molar-refractivity contribution in [3.8, 4) is 11.5 Å². The summed E-state index contributed by atoms with van der Waals surface area (Å²) in [6.45, 7) is 5.54. The lowest BCUT2D eigenvalue weighted by Crippen LogP contribution is -1.96. The molecule has 2 aromatic rings. The normalized spacial score (nSPS) is 10.7. The largest absolute Gasteiger partial charge is 0.449 e. The van der Waals surface area contributed by atoms with E-state index in [4.69, 9.17) is 16.0 Å². The Morgan fingerprint density at radius 1 is 1.13 bits per heavy atom. The van der Waals surface area contributed by atoms with Gasteiger partial charge in [0.05, 0.1) is 0 Å². The maximum Gasteiger partial charge on any atom is 0.191 e. The number of hydrogen-bond donors (Lipinski definition) is 0. The predicted molar refractivity (Wildman–Crippen MR) is 56.8 cm³/mol. The first kappa shape index (κ1) is 10.1. The van der Waals surface area contributed by atoms with Crippen LogP contribution in [0.25, 0.3) is 11.5 Å². The number of rotatable bonds is 1. The second-order valence-electron chi connectivity index (χ2n) is 3.30. The molecule has 0 atom stereocenters. The fourth-order valence-corrected chi connectivity index (χ4v) is 1.39. The van der Waals surface area contributed by atoms with Crippen LogP contribution in [0.2, 0.25) is 5.15 Å². The van der Waals surface area contributed by atoms with Crippen molar-refractivity contribution in [2.75, 3.05) is 0 Å². The average Bonchev–Trinajstić information content (AvgIpc) is 2.60. The lowest BCUT2D eigenvalue weighted by molar-refractivity contribution is 0.521.